The number of nitrogens with two attached hydrogens (primary N) is 1. The van der Waals surface area contributed by atoms with Crippen molar-refractivity contribution in [3.05, 3.63) is 35.1 Å². The van der Waals surface area contributed by atoms with E-state index in [1.54, 1.807) is 5.43 Å². The number of rotatable bonds is 2. The molecule has 0 saturated carbocycles. The Labute approximate surface area is 93.1 Å². The number of primary amides is 1. The third-order valence-corrected chi connectivity index (χ3v) is 1.64. The van der Waals surface area contributed by atoms with Crippen molar-refractivity contribution in [3.8, 4) is 0 Å². The van der Waals surface area contributed by atoms with Gasteiger partial charge in [-0.15, -0.1) is 0 Å². The van der Waals surface area contributed by atoms with Crippen LogP contribution in [0.4, 0.5) is 22.4 Å². The van der Waals surface area contributed by atoms with Gasteiger partial charge in [0.2, 0.25) is 0 Å². The highest BCUT2D eigenvalue weighted by molar-refractivity contribution is 5.81. The van der Waals surface area contributed by atoms with Crippen LogP contribution >= 0.6 is 0 Å². The Morgan fingerprint density at radius 2 is 2.00 bits per heavy atom. The maximum absolute atomic E-state index is 12.9. The summed E-state index contributed by atoms with van der Waals surface area (Å²) in [6.07, 6.45) is -3.80. The molecule has 0 heterocycles. The first-order valence-electron chi connectivity index (χ1n) is 4.25. The van der Waals surface area contributed by atoms with E-state index in [-0.39, 0.29) is 5.56 Å². The molecule has 0 aliphatic rings. The second-order valence-electron chi connectivity index (χ2n) is 3.01. The lowest BCUT2D eigenvalue weighted by molar-refractivity contribution is -0.137. The van der Waals surface area contributed by atoms with Gasteiger partial charge in [0.05, 0.1) is 11.8 Å². The molecule has 0 bridgehead atoms. The molecule has 2 amide bonds. The second kappa shape index (κ2) is 4.81. The fourth-order valence-corrected chi connectivity index (χ4v) is 1.02. The van der Waals surface area contributed by atoms with E-state index in [9.17, 15) is 22.4 Å². The summed E-state index contributed by atoms with van der Waals surface area (Å²) in [6, 6.07) is 0.906. The number of hydrogen-bond acceptors (Lipinski definition) is 2. The van der Waals surface area contributed by atoms with Gasteiger partial charge >= 0.3 is 12.2 Å². The van der Waals surface area contributed by atoms with Crippen LogP contribution in [-0.4, -0.2) is 12.2 Å². The summed E-state index contributed by atoms with van der Waals surface area (Å²) in [5, 5.41) is 3.22. The predicted molar refractivity (Wildman–Crippen MR) is 51.7 cm³/mol. The molecule has 0 spiro atoms. The number of hydrazone groups is 1. The highest BCUT2D eigenvalue weighted by Gasteiger charge is 2.31. The number of carbonyl (C=O) groups is 1. The van der Waals surface area contributed by atoms with Crippen molar-refractivity contribution in [2.45, 2.75) is 6.18 Å². The number of hydrogen-bond donors (Lipinski definition) is 2. The van der Waals surface area contributed by atoms with E-state index in [1.165, 1.54) is 0 Å². The highest BCUT2D eigenvalue weighted by Crippen LogP contribution is 2.30. The zero-order valence-corrected chi connectivity index (χ0v) is 8.25. The predicted octanol–water partition coefficient (Wildman–Crippen LogP) is 1.85. The first-order valence-corrected chi connectivity index (χ1v) is 4.25. The normalized spacial score (nSPS) is 11.8. The average Bonchev–Trinajstić information content (AvgIpc) is 2.14. The molecule has 92 valence electrons. The standard InChI is InChI=1S/C9H7F4N3O/c10-7-2-5(4-15-16-8(14)17)1-6(3-7)9(11,12)13/h1-4H,(H3,14,16,17)/b15-4+. The lowest BCUT2D eigenvalue weighted by Gasteiger charge is -2.07. The van der Waals surface area contributed by atoms with Gasteiger partial charge in [-0.25, -0.2) is 14.6 Å². The molecule has 0 unspecified atom stereocenters. The van der Waals surface area contributed by atoms with Gasteiger partial charge in [-0.05, 0) is 23.8 Å². The van der Waals surface area contributed by atoms with E-state index in [1.807, 2.05) is 0 Å². The number of amides is 2. The Morgan fingerprint density at radius 3 is 2.53 bits per heavy atom. The van der Waals surface area contributed by atoms with Crippen LogP contribution in [0.2, 0.25) is 0 Å². The fourth-order valence-electron chi connectivity index (χ4n) is 1.02. The van der Waals surface area contributed by atoms with Gasteiger partial charge in [-0.1, -0.05) is 0 Å². The Balaban J connectivity index is 2.98. The minimum atomic E-state index is -4.65. The van der Waals surface area contributed by atoms with Crippen LogP contribution in [0.3, 0.4) is 0 Å². The third kappa shape index (κ3) is 4.09. The van der Waals surface area contributed by atoms with Crippen molar-refractivity contribution in [2.24, 2.45) is 10.8 Å². The summed E-state index contributed by atoms with van der Waals surface area (Å²) >= 11 is 0. The molecule has 0 atom stereocenters. The van der Waals surface area contributed by atoms with Crippen LogP contribution in [0.25, 0.3) is 0 Å². The largest absolute Gasteiger partial charge is 0.416 e. The molecule has 0 fully saturated rings. The molecule has 4 nitrogen and oxygen atoms in total. The summed E-state index contributed by atoms with van der Waals surface area (Å²) in [5.74, 6) is -1.06. The molecule has 1 aromatic rings. The molecular formula is C9H7F4N3O. The van der Waals surface area contributed by atoms with Gasteiger partial charge in [0.15, 0.2) is 0 Å². The number of nitrogens with one attached hydrogen (secondary N) is 1. The van der Waals surface area contributed by atoms with Gasteiger partial charge in [0, 0.05) is 0 Å². The Morgan fingerprint density at radius 1 is 1.35 bits per heavy atom. The molecular weight excluding hydrogens is 242 g/mol. The molecule has 0 aromatic heterocycles. The van der Waals surface area contributed by atoms with Crippen molar-refractivity contribution < 1.29 is 22.4 Å². The van der Waals surface area contributed by atoms with E-state index >= 15 is 0 Å². The van der Waals surface area contributed by atoms with E-state index in [4.69, 9.17) is 0 Å². The molecule has 1 aromatic carbocycles. The number of benzene rings is 1. The maximum atomic E-state index is 12.9. The molecule has 0 aliphatic heterocycles. The summed E-state index contributed by atoms with van der Waals surface area (Å²) in [4.78, 5) is 10.2. The molecule has 0 aliphatic carbocycles. The lowest BCUT2D eigenvalue weighted by Crippen LogP contribution is -2.24. The Hall–Kier alpha value is -2.12. The zero-order chi connectivity index (χ0) is 13.1. The SMILES string of the molecule is NC(=O)N/N=C/c1cc(F)cc(C(F)(F)F)c1. The second-order valence-corrected chi connectivity index (χ2v) is 3.01. The number of carbonyl (C=O) groups excluding carboxylic acids is 1. The molecule has 1 rings (SSSR count). The molecule has 8 heteroatoms. The van der Waals surface area contributed by atoms with Crippen LogP contribution < -0.4 is 11.2 Å². The van der Waals surface area contributed by atoms with Crippen LogP contribution in [0.15, 0.2) is 23.3 Å². The van der Waals surface area contributed by atoms with E-state index in [0.29, 0.717) is 12.1 Å². The quantitative estimate of drug-likeness (QED) is 0.468. The van der Waals surface area contributed by atoms with Crippen LogP contribution in [0.5, 0.6) is 0 Å². The maximum Gasteiger partial charge on any atom is 0.416 e. The third-order valence-electron chi connectivity index (χ3n) is 1.64. The molecule has 0 saturated heterocycles. The number of urea groups is 1. The molecule has 3 N–H and O–H groups in total. The smallest absolute Gasteiger partial charge is 0.350 e. The molecule has 0 radical (unpaired) electrons. The Bertz CT molecular complexity index is 456. The summed E-state index contributed by atoms with van der Waals surface area (Å²) in [7, 11) is 0. The van der Waals surface area contributed by atoms with E-state index in [2.05, 4.69) is 10.8 Å². The van der Waals surface area contributed by atoms with Gasteiger partial charge in [-0.3, -0.25) is 0 Å². The topological polar surface area (TPSA) is 67.5 Å². The minimum absolute atomic E-state index is 0.147. The van der Waals surface area contributed by atoms with E-state index < -0.39 is 23.6 Å². The van der Waals surface area contributed by atoms with Gasteiger partial charge in [0.1, 0.15) is 5.82 Å². The van der Waals surface area contributed by atoms with Gasteiger partial charge < -0.3 is 5.73 Å². The Kier molecular flexibility index (Phi) is 3.66. The van der Waals surface area contributed by atoms with Gasteiger partial charge in [0.25, 0.3) is 0 Å². The first kappa shape index (κ1) is 12.9. The number of halogens is 4. The summed E-state index contributed by atoms with van der Waals surface area (Å²) < 4.78 is 49.8. The molecule has 17 heavy (non-hydrogen) atoms. The lowest BCUT2D eigenvalue weighted by atomic mass is 10.1. The van der Waals surface area contributed by atoms with Crippen LogP contribution in [-0.2, 0) is 6.18 Å². The summed E-state index contributed by atoms with van der Waals surface area (Å²) in [6.45, 7) is 0. The monoisotopic (exact) mass is 249 g/mol. The van der Waals surface area contributed by atoms with Crippen LogP contribution in [0, 0.1) is 5.82 Å². The number of nitrogens with zero attached hydrogens (tertiary/aromatic N) is 1. The first-order chi connectivity index (χ1) is 7.79. The highest BCUT2D eigenvalue weighted by atomic mass is 19.4. The van der Waals surface area contributed by atoms with Crippen LogP contribution in [0.1, 0.15) is 11.1 Å². The fraction of sp³-hybridized carbons (Fsp3) is 0.111. The van der Waals surface area contributed by atoms with Crippen molar-refractivity contribution in [1.29, 1.82) is 0 Å². The number of alkyl halides is 3. The van der Waals surface area contributed by atoms with Crippen molar-refractivity contribution in [2.75, 3.05) is 0 Å². The summed E-state index contributed by atoms with van der Waals surface area (Å²) in [5.41, 5.74) is 5.16. The minimum Gasteiger partial charge on any atom is -0.350 e. The van der Waals surface area contributed by atoms with Crippen molar-refractivity contribution in [3.63, 3.8) is 0 Å². The zero-order valence-electron chi connectivity index (χ0n) is 8.25. The van der Waals surface area contributed by atoms with Crippen molar-refractivity contribution in [1.82, 2.24) is 5.43 Å². The van der Waals surface area contributed by atoms with E-state index in [0.717, 1.165) is 12.3 Å². The van der Waals surface area contributed by atoms with Gasteiger partial charge in [-0.2, -0.15) is 18.3 Å². The average molecular weight is 249 g/mol. The van der Waals surface area contributed by atoms with Crippen molar-refractivity contribution >= 4 is 12.2 Å².